The minimum absolute atomic E-state index is 0.117. The Balaban J connectivity index is 1.94. The van der Waals surface area contributed by atoms with Crippen LogP contribution in [0.5, 0.6) is 0 Å². The van der Waals surface area contributed by atoms with Crippen molar-refractivity contribution < 1.29 is 19.4 Å². The van der Waals surface area contributed by atoms with Crippen LogP contribution in [-0.2, 0) is 16.6 Å². The van der Waals surface area contributed by atoms with E-state index in [1.807, 2.05) is 0 Å². The van der Waals surface area contributed by atoms with E-state index in [0.717, 1.165) is 0 Å². The van der Waals surface area contributed by atoms with Gasteiger partial charge >= 0.3 is 12.0 Å². The fraction of sp³-hybridized carbons (Fsp3) is 0.545. The van der Waals surface area contributed by atoms with Crippen molar-refractivity contribution in [1.29, 1.82) is 0 Å². The quantitative estimate of drug-likeness (QED) is 0.712. The van der Waals surface area contributed by atoms with Gasteiger partial charge in [-0.2, -0.15) is 5.10 Å². The molecule has 0 aromatic carbocycles. The summed E-state index contributed by atoms with van der Waals surface area (Å²) in [6.07, 6.45) is 1.68. The molecule has 1 aromatic rings. The van der Waals surface area contributed by atoms with Gasteiger partial charge in [-0.3, -0.25) is 9.48 Å². The van der Waals surface area contributed by atoms with Gasteiger partial charge in [0.25, 0.3) is 0 Å². The molecule has 3 N–H and O–H groups in total. The van der Waals surface area contributed by atoms with Crippen LogP contribution in [-0.4, -0.2) is 46.1 Å². The first-order valence-corrected chi connectivity index (χ1v) is 5.85. The van der Waals surface area contributed by atoms with Gasteiger partial charge in [-0.15, -0.1) is 0 Å². The van der Waals surface area contributed by atoms with Crippen LogP contribution < -0.4 is 10.6 Å². The Kier molecular flexibility index (Phi) is 3.70. The van der Waals surface area contributed by atoms with Gasteiger partial charge < -0.3 is 20.5 Å². The van der Waals surface area contributed by atoms with Crippen LogP contribution in [0.1, 0.15) is 5.69 Å². The van der Waals surface area contributed by atoms with Crippen molar-refractivity contribution in [2.75, 3.05) is 18.5 Å². The Morgan fingerprint density at radius 2 is 2.26 bits per heavy atom. The van der Waals surface area contributed by atoms with Gasteiger partial charge in [-0.05, 0) is 6.92 Å². The highest BCUT2D eigenvalue weighted by Crippen LogP contribution is 2.15. The number of rotatable bonds is 3. The molecule has 2 atom stereocenters. The van der Waals surface area contributed by atoms with Crippen LogP contribution in [0.2, 0.25) is 0 Å². The van der Waals surface area contributed by atoms with E-state index in [0.29, 0.717) is 11.4 Å². The lowest BCUT2D eigenvalue weighted by atomic mass is 10.0. The lowest BCUT2D eigenvalue weighted by molar-refractivity contribution is -0.142. The van der Waals surface area contributed by atoms with Crippen molar-refractivity contribution in [3.63, 3.8) is 0 Å². The van der Waals surface area contributed by atoms with Crippen molar-refractivity contribution in [3.05, 3.63) is 11.9 Å². The first kappa shape index (κ1) is 13.3. The Bertz CT molecular complexity index is 499. The van der Waals surface area contributed by atoms with Crippen LogP contribution in [0.15, 0.2) is 6.20 Å². The maximum atomic E-state index is 11.8. The highest BCUT2D eigenvalue weighted by atomic mass is 16.5. The monoisotopic (exact) mass is 268 g/mol. The highest BCUT2D eigenvalue weighted by Gasteiger charge is 2.35. The Labute approximate surface area is 109 Å². The maximum absolute atomic E-state index is 11.8. The molecule has 1 aliphatic rings. The first-order chi connectivity index (χ1) is 8.97. The van der Waals surface area contributed by atoms with E-state index in [4.69, 9.17) is 9.84 Å². The van der Waals surface area contributed by atoms with Crippen LogP contribution >= 0.6 is 0 Å². The number of anilines is 1. The van der Waals surface area contributed by atoms with E-state index in [1.54, 1.807) is 24.9 Å². The van der Waals surface area contributed by atoms with E-state index in [9.17, 15) is 9.59 Å². The number of urea groups is 1. The van der Waals surface area contributed by atoms with Gasteiger partial charge in [0.15, 0.2) is 0 Å². The number of nitrogens with zero attached hydrogens (tertiary/aromatic N) is 2. The molecule has 8 heteroatoms. The predicted octanol–water partition coefficient (Wildman–Crippen LogP) is -0.0504. The molecule has 1 fully saturated rings. The molecule has 0 bridgehead atoms. The summed E-state index contributed by atoms with van der Waals surface area (Å²) in [5.41, 5.74) is 1.28. The van der Waals surface area contributed by atoms with Crippen molar-refractivity contribution in [2.24, 2.45) is 13.0 Å². The van der Waals surface area contributed by atoms with Crippen molar-refractivity contribution in [1.82, 2.24) is 15.1 Å². The molecule has 2 unspecified atom stereocenters. The van der Waals surface area contributed by atoms with E-state index in [1.165, 1.54) is 0 Å². The molecular weight excluding hydrogens is 252 g/mol. The largest absolute Gasteiger partial charge is 0.481 e. The SMILES string of the molecule is Cc1nn(C)cc1NC(=O)NC1COCC1C(=O)O. The van der Waals surface area contributed by atoms with Crippen molar-refractivity contribution in [2.45, 2.75) is 13.0 Å². The van der Waals surface area contributed by atoms with Gasteiger partial charge in [0, 0.05) is 13.2 Å². The number of nitrogens with one attached hydrogen (secondary N) is 2. The van der Waals surface area contributed by atoms with Gasteiger partial charge in [0.2, 0.25) is 0 Å². The Hall–Kier alpha value is -2.09. The third-order valence-electron chi connectivity index (χ3n) is 2.98. The third-order valence-corrected chi connectivity index (χ3v) is 2.98. The van der Waals surface area contributed by atoms with Gasteiger partial charge in [-0.25, -0.2) is 4.79 Å². The van der Waals surface area contributed by atoms with Crippen LogP contribution in [0.4, 0.5) is 10.5 Å². The molecule has 8 nitrogen and oxygen atoms in total. The lowest BCUT2D eigenvalue weighted by Crippen LogP contribution is -2.44. The number of ether oxygens (including phenoxy) is 1. The summed E-state index contributed by atoms with van der Waals surface area (Å²) in [4.78, 5) is 22.7. The average Bonchev–Trinajstić information content (AvgIpc) is 2.86. The Morgan fingerprint density at radius 1 is 1.53 bits per heavy atom. The van der Waals surface area contributed by atoms with Crippen LogP contribution in [0.3, 0.4) is 0 Å². The number of aryl methyl sites for hydroxylation is 2. The number of hydrogen-bond donors (Lipinski definition) is 3. The molecule has 2 amide bonds. The summed E-state index contributed by atoms with van der Waals surface area (Å²) < 4.78 is 6.66. The zero-order valence-corrected chi connectivity index (χ0v) is 10.7. The Morgan fingerprint density at radius 3 is 2.84 bits per heavy atom. The summed E-state index contributed by atoms with van der Waals surface area (Å²) in [5, 5.41) is 18.3. The number of aromatic nitrogens is 2. The summed E-state index contributed by atoms with van der Waals surface area (Å²) in [6.45, 7) is 2.09. The summed E-state index contributed by atoms with van der Waals surface area (Å²) in [6, 6.07) is -0.979. The summed E-state index contributed by atoms with van der Waals surface area (Å²) >= 11 is 0. The number of amides is 2. The molecule has 2 heterocycles. The number of hydrogen-bond acceptors (Lipinski definition) is 4. The minimum atomic E-state index is -0.972. The topological polar surface area (TPSA) is 105 Å². The standard InChI is InChI=1S/C11H16N4O4/c1-6-8(3-15(2)14-6)12-11(18)13-9-5-19-4-7(9)10(16)17/h3,7,9H,4-5H2,1-2H3,(H,16,17)(H2,12,13,18). The van der Waals surface area contributed by atoms with Crippen molar-refractivity contribution >= 4 is 17.7 Å². The van der Waals surface area contributed by atoms with Crippen LogP contribution in [0.25, 0.3) is 0 Å². The predicted molar refractivity (Wildman–Crippen MR) is 65.8 cm³/mol. The third kappa shape index (κ3) is 3.02. The zero-order chi connectivity index (χ0) is 14.0. The van der Waals surface area contributed by atoms with Gasteiger partial charge in [0.1, 0.15) is 5.92 Å². The normalized spacial score (nSPS) is 22.2. The van der Waals surface area contributed by atoms with E-state index >= 15 is 0 Å². The fourth-order valence-electron chi connectivity index (χ4n) is 1.99. The fourth-order valence-corrected chi connectivity index (χ4v) is 1.99. The molecule has 0 aliphatic carbocycles. The molecule has 1 aromatic heterocycles. The van der Waals surface area contributed by atoms with E-state index in [2.05, 4.69) is 15.7 Å². The second kappa shape index (κ2) is 5.27. The molecule has 2 rings (SSSR count). The molecular formula is C11H16N4O4. The minimum Gasteiger partial charge on any atom is -0.481 e. The zero-order valence-electron chi connectivity index (χ0n) is 10.7. The number of carboxylic acids is 1. The summed E-state index contributed by atoms with van der Waals surface area (Å²) in [7, 11) is 1.75. The lowest BCUT2D eigenvalue weighted by Gasteiger charge is -2.15. The van der Waals surface area contributed by atoms with Crippen LogP contribution in [0, 0.1) is 12.8 Å². The smallest absolute Gasteiger partial charge is 0.319 e. The summed E-state index contributed by atoms with van der Waals surface area (Å²) in [5.74, 6) is -1.68. The molecule has 1 aliphatic heterocycles. The average molecular weight is 268 g/mol. The molecule has 0 radical (unpaired) electrons. The molecule has 1 saturated heterocycles. The number of carboxylic acid groups (broad SMARTS) is 1. The second-order valence-corrected chi connectivity index (χ2v) is 4.49. The van der Waals surface area contributed by atoms with E-state index < -0.39 is 24.0 Å². The number of carbonyl (C=O) groups excluding carboxylic acids is 1. The number of carbonyl (C=O) groups is 2. The molecule has 0 spiro atoms. The molecule has 0 saturated carbocycles. The highest BCUT2D eigenvalue weighted by molar-refractivity contribution is 5.90. The molecule has 104 valence electrons. The number of aliphatic carboxylic acids is 1. The second-order valence-electron chi connectivity index (χ2n) is 4.49. The van der Waals surface area contributed by atoms with Gasteiger partial charge in [0.05, 0.1) is 30.6 Å². The first-order valence-electron chi connectivity index (χ1n) is 5.85. The molecule has 19 heavy (non-hydrogen) atoms. The maximum Gasteiger partial charge on any atom is 0.319 e. The van der Waals surface area contributed by atoms with Gasteiger partial charge in [-0.1, -0.05) is 0 Å². The van der Waals surface area contributed by atoms with E-state index in [-0.39, 0.29) is 13.2 Å². The van der Waals surface area contributed by atoms with Crippen molar-refractivity contribution in [3.8, 4) is 0 Å².